The molecule has 4 heteroatoms. The van der Waals surface area contributed by atoms with E-state index < -0.39 is 0 Å². The van der Waals surface area contributed by atoms with Crippen molar-refractivity contribution in [1.29, 1.82) is 0 Å². The third-order valence-corrected chi connectivity index (χ3v) is 2.62. The number of aryl methyl sites for hydroxylation is 4. The van der Waals surface area contributed by atoms with Crippen molar-refractivity contribution in [3.63, 3.8) is 0 Å². The standard InChI is InChI=1S/C10H13N3O/c1-5-7(3)13-8(4)9(14)6(2)12-10(13)11-5/h14H,1-4H3. The Labute approximate surface area is 82.2 Å². The highest BCUT2D eigenvalue weighted by atomic mass is 16.3. The Morgan fingerprint density at radius 1 is 0.929 bits per heavy atom. The molecule has 0 fully saturated rings. The molecule has 0 aromatic carbocycles. The van der Waals surface area contributed by atoms with E-state index in [1.165, 1.54) is 0 Å². The molecular formula is C10H13N3O. The monoisotopic (exact) mass is 191 g/mol. The summed E-state index contributed by atoms with van der Waals surface area (Å²) in [4.78, 5) is 8.54. The largest absolute Gasteiger partial charge is 0.504 e. The zero-order valence-electron chi connectivity index (χ0n) is 8.79. The third-order valence-electron chi connectivity index (χ3n) is 2.62. The van der Waals surface area contributed by atoms with E-state index in [1.54, 1.807) is 6.92 Å². The molecule has 0 aliphatic carbocycles. The Kier molecular flexibility index (Phi) is 1.74. The predicted molar refractivity (Wildman–Crippen MR) is 53.6 cm³/mol. The van der Waals surface area contributed by atoms with Gasteiger partial charge in [-0.25, -0.2) is 9.97 Å². The Balaban J connectivity index is 2.99. The van der Waals surface area contributed by atoms with Crippen LogP contribution in [0.5, 0.6) is 5.75 Å². The average Bonchev–Trinajstić information content (AvgIpc) is 2.39. The second kappa shape index (κ2) is 2.70. The lowest BCUT2D eigenvalue weighted by atomic mass is 10.3. The van der Waals surface area contributed by atoms with E-state index in [-0.39, 0.29) is 5.75 Å². The molecular weight excluding hydrogens is 178 g/mol. The van der Waals surface area contributed by atoms with Crippen molar-refractivity contribution in [2.24, 2.45) is 0 Å². The highest BCUT2D eigenvalue weighted by molar-refractivity contribution is 5.44. The van der Waals surface area contributed by atoms with Crippen molar-refractivity contribution in [2.75, 3.05) is 0 Å². The summed E-state index contributed by atoms with van der Waals surface area (Å²) < 4.78 is 1.87. The maximum atomic E-state index is 9.73. The number of hydrogen-bond acceptors (Lipinski definition) is 3. The van der Waals surface area contributed by atoms with Gasteiger partial charge in [-0.2, -0.15) is 0 Å². The third kappa shape index (κ3) is 0.999. The number of hydrogen-bond donors (Lipinski definition) is 1. The van der Waals surface area contributed by atoms with Crippen LogP contribution in [0.1, 0.15) is 22.8 Å². The van der Waals surface area contributed by atoms with Gasteiger partial charge in [0.1, 0.15) is 0 Å². The van der Waals surface area contributed by atoms with Gasteiger partial charge >= 0.3 is 0 Å². The fourth-order valence-corrected chi connectivity index (χ4v) is 1.64. The zero-order valence-corrected chi connectivity index (χ0v) is 8.79. The smallest absolute Gasteiger partial charge is 0.234 e. The van der Waals surface area contributed by atoms with Gasteiger partial charge < -0.3 is 5.11 Å². The van der Waals surface area contributed by atoms with Crippen LogP contribution >= 0.6 is 0 Å². The summed E-state index contributed by atoms with van der Waals surface area (Å²) in [5.74, 6) is 0.908. The van der Waals surface area contributed by atoms with E-state index >= 15 is 0 Å². The van der Waals surface area contributed by atoms with Gasteiger partial charge in [-0.05, 0) is 27.7 Å². The molecule has 0 aliphatic heterocycles. The Hall–Kier alpha value is -1.58. The predicted octanol–water partition coefficient (Wildman–Crippen LogP) is 1.67. The second-order valence-electron chi connectivity index (χ2n) is 3.55. The van der Waals surface area contributed by atoms with Crippen LogP contribution in [0.15, 0.2) is 0 Å². The summed E-state index contributed by atoms with van der Waals surface area (Å²) in [5.41, 5.74) is 3.40. The minimum Gasteiger partial charge on any atom is -0.504 e. The van der Waals surface area contributed by atoms with Crippen LogP contribution in [0.3, 0.4) is 0 Å². The molecule has 74 valence electrons. The minimum atomic E-state index is 0.248. The van der Waals surface area contributed by atoms with E-state index in [1.807, 2.05) is 25.2 Å². The molecule has 0 saturated heterocycles. The fraction of sp³-hybridized carbons (Fsp3) is 0.400. The van der Waals surface area contributed by atoms with Crippen molar-refractivity contribution < 1.29 is 5.11 Å². The number of imidazole rings is 1. The van der Waals surface area contributed by atoms with Gasteiger partial charge in [0.05, 0.1) is 17.1 Å². The van der Waals surface area contributed by atoms with Crippen LogP contribution in [-0.4, -0.2) is 19.5 Å². The van der Waals surface area contributed by atoms with E-state index in [0.29, 0.717) is 11.5 Å². The molecule has 0 amide bonds. The van der Waals surface area contributed by atoms with Gasteiger partial charge in [-0.15, -0.1) is 0 Å². The molecule has 0 spiro atoms. The van der Waals surface area contributed by atoms with Crippen molar-refractivity contribution in [3.05, 3.63) is 22.8 Å². The van der Waals surface area contributed by atoms with Gasteiger partial charge in [0, 0.05) is 5.69 Å². The molecule has 2 aromatic rings. The van der Waals surface area contributed by atoms with Gasteiger partial charge in [0.15, 0.2) is 5.75 Å². The molecule has 4 nitrogen and oxygen atoms in total. The highest BCUT2D eigenvalue weighted by Crippen LogP contribution is 2.22. The quantitative estimate of drug-likeness (QED) is 0.689. The maximum absolute atomic E-state index is 9.73. The SMILES string of the molecule is Cc1nc2nc(C)c(C)n2c(C)c1O. The molecule has 2 rings (SSSR count). The number of fused-ring (bicyclic) bond motifs is 1. The summed E-state index contributed by atoms with van der Waals surface area (Å²) in [6, 6.07) is 0. The average molecular weight is 191 g/mol. The molecule has 0 atom stereocenters. The van der Waals surface area contributed by atoms with Crippen molar-refractivity contribution in [2.45, 2.75) is 27.7 Å². The lowest BCUT2D eigenvalue weighted by molar-refractivity contribution is 0.458. The first-order chi connectivity index (χ1) is 6.52. The first-order valence-electron chi connectivity index (χ1n) is 4.54. The van der Waals surface area contributed by atoms with Crippen molar-refractivity contribution in [1.82, 2.24) is 14.4 Å². The van der Waals surface area contributed by atoms with Crippen LogP contribution in [0, 0.1) is 27.7 Å². The topological polar surface area (TPSA) is 50.4 Å². The van der Waals surface area contributed by atoms with E-state index in [0.717, 1.165) is 17.1 Å². The Morgan fingerprint density at radius 3 is 2.14 bits per heavy atom. The number of rotatable bonds is 0. The first-order valence-corrected chi connectivity index (χ1v) is 4.54. The van der Waals surface area contributed by atoms with E-state index in [4.69, 9.17) is 0 Å². The minimum absolute atomic E-state index is 0.248. The molecule has 0 radical (unpaired) electrons. The highest BCUT2D eigenvalue weighted by Gasteiger charge is 2.12. The van der Waals surface area contributed by atoms with Gasteiger partial charge in [0.25, 0.3) is 0 Å². The molecule has 0 aliphatic rings. The van der Waals surface area contributed by atoms with Gasteiger partial charge in [-0.3, -0.25) is 4.40 Å². The zero-order chi connectivity index (χ0) is 10.5. The fourth-order valence-electron chi connectivity index (χ4n) is 1.64. The van der Waals surface area contributed by atoms with Crippen LogP contribution in [0.4, 0.5) is 0 Å². The Morgan fingerprint density at radius 2 is 1.50 bits per heavy atom. The van der Waals surface area contributed by atoms with Gasteiger partial charge in [0.2, 0.25) is 5.78 Å². The second-order valence-corrected chi connectivity index (χ2v) is 3.55. The number of nitrogens with zero attached hydrogens (tertiary/aromatic N) is 3. The maximum Gasteiger partial charge on any atom is 0.234 e. The lowest BCUT2D eigenvalue weighted by Crippen LogP contribution is -1.99. The molecule has 0 unspecified atom stereocenters. The molecule has 0 bridgehead atoms. The summed E-state index contributed by atoms with van der Waals surface area (Å²) in [5, 5.41) is 9.73. The number of aromatic hydroxyl groups is 1. The summed E-state index contributed by atoms with van der Waals surface area (Å²) >= 11 is 0. The summed E-state index contributed by atoms with van der Waals surface area (Å²) in [7, 11) is 0. The van der Waals surface area contributed by atoms with E-state index in [2.05, 4.69) is 9.97 Å². The lowest BCUT2D eigenvalue weighted by Gasteiger charge is -2.06. The first kappa shape index (κ1) is 8.99. The van der Waals surface area contributed by atoms with Crippen LogP contribution < -0.4 is 0 Å². The Bertz CT molecular complexity index is 514. The normalized spacial score (nSPS) is 11.1. The molecule has 0 saturated carbocycles. The molecule has 1 N–H and O–H groups in total. The van der Waals surface area contributed by atoms with Crippen molar-refractivity contribution in [3.8, 4) is 5.75 Å². The summed E-state index contributed by atoms with van der Waals surface area (Å²) in [6.45, 7) is 7.56. The van der Waals surface area contributed by atoms with E-state index in [9.17, 15) is 5.11 Å². The van der Waals surface area contributed by atoms with Crippen molar-refractivity contribution >= 4 is 5.78 Å². The van der Waals surface area contributed by atoms with Crippen LogP contribution in [-0.2, 0) is 0 Å². The van der Waals surface area contributed by atoms with Crippen LogP contribution in [0.2, 0.25) is 0 Å². The summed E-state index contributed by atoms with van der Waals surface area (Å²) in [6.07, 6.45) is 0. The van der Waals surface area contributed by atoms with Gasteiger partial charge in [-0.1, -0.05) is 0 Å². The molecule has 14 heavy (non-hydrogen) atoms. The molecule has 2 heterocycles. The number of aromatic nitrogens is 3. The van der Waals surface area contributed by atoms with Crippen LogP contribution in [0.25, 0.3) is 5.78 Å². The molecule has 2 aromatic heterocycles.